The summed E-state index contributed by atoms with van der Waals surface area (Å²) >= 11 is 0. The van der Waals surface area contributed by atoms with Crippen LogP contribution in [0.2, 0.25) is 0 Å². The third kappa shape index (κ3) is 2.11. The van der Waals surface area contributed by atoms with E-state index < -0.39 is 0 Å². The van der Waals surface area contributed by atoms with Gasteiger partial charge in [-0.15, -0.1) is 0 Å². The standard InChI is InChI=1S/C15H17N5/c1-3-6-13-17-9-10-20(13)14-11-7-4-5-8-12(11)18-15(16-2)19-14/h4-5,7-10H,3,6H2,1-2H3,(H,16,18,19). The average molecular weight is 267 g/mol. The van der Waals surface area contributed by atoms with Gasteiger partial charge < -0.3 is 5.32 Å². The number of nitrogens with zero attached hydrogens (tertiary/aromatic N) is 4. The Morgan fingerprint density at radius 3 is 2.85 bits per heavy atom. The van der Waals surface area contributed by atoms with E-state index in [1.165, 1.54) is 0 Å². The van der Waals surface area contributed by atoms with Crippen LogP contribution in [0.3, 0.4) is 0 Å². The Hall–Kier alpha value is -2.43. The van der Waals surface area contributed by atoms with Crippen LogP contribution >= 0.6 is 0 Å². The Morgan fingerprint density at radius 1 is 1.20 bits per heavy atom. The number of hydrogen-bond donors (Lipinski definition) is 1. The van der Waals surface area contributed by atoms with Gasteiger partial charge in [0.2, 0.25) is 5.95 Å². The highest BCUT2D eigenvalue weighted by Gasteiger charge is 2.11. The first-order chi connectivity index (χ1) is 9.83. The molecule has 1 N–H and O–H groups in total. The lowest BCUT2D eigenvalue weighted by molar-refractivity contribution is 0.800. The van der Waals surface area contributed by atoms with Crippen LogP contribution in [0.1, 0.15) is 19.2 Å². The molecular weight excluding hydrogens is 250 g/mol. The molecule has 0 aliphatic heterocycles. The molecule has 5 nitrogen and oxygen atoms in total. The monoisotopic (exact) mass is 267 g/mol. The number of aryl methyl sites for hydroxylation is 1. The number of aromatic nitrogens is 4. The van der Waals surface area contributed by atoms with Gasteiger partial charge in [0.05, 0.1) is 5.52 Å². The number of para-hydroxylation sites is 1. The van der Waals surface area contributed by atoms with E-state index in [1.807, 2.05) is 48.3 Å². The average Bonchev–Trinajstić information content (AvgIpc) is 2.94. The first kappa shape index (κ1) is 12.6. The van der Waals surface area contributed by atoms with Gasteiger partial charge in [-0.25, -0.2) is 9.97 Å². The van der Waals surface area contributed by atoms with E-state index in [9.17, 15) is 0 Å². The fourth-order valence-corrected chi connectivity index (χ4v) is 2.29. The predicted octanol–water partition coefficient (Wildman–Crippen LogP) is 2.81. The summed E-state index contributed by atoms with van der Waals surface area (Å²) < 4.78 is 2.05. The van der Waals surface area contributed by atoms with Gasteiger partial charge in [-0.1, -0.05) is 19.1 Å². The van der Waals surface area contributed by atoms with Crippen molar-refractivity contribution in [2.24, 2.45) is 0 Å². The fourth-order valence-electron chi connectivity index (χ4n) is 2.29. The number of rotatable bonds is 4. The molecule has 5 heteroatoms. The molecule has 0 unspecified atom stereocenters. The summed E-state index contributed by atoms with van der Waals surface area (Å²) in [6.07, 6.45) is 5.76. The minimum absolute atomic E-state index is 0.620. The van der Waals surface area contributed by atoms with Crippen LogP contribution in [0.4, 0.5) is 5.95 Å². The van der Waals surface area contributed by atoms with Crippen LogP contribution in [-0.2, 0) is 6.42 Å². The summed E-state index contributed by atoms with van der Waals surface area (Å²) in [5.74, 6) is 2.52. The molecule has 0 fully saturated rings. The molecule has 20 heavy (non-hydrogen) atoms. The molecule has 3 rings (SSSR count). The molecule has 3 aromatic rings. The number of fused-ring (bicyclic) bond motifs is 1. The molecule has 0 saturated heterocycles. The van der Waals surface area contributed by atoms with Crippen LogP contribution in [0.15, 0.2) is 36.7 Å². The Morgan fingerprint density at radius 2 is 2.05 bits per heavy atom. The summed E-state index contributed by atoms with van der Waals surface area (Å²) in [5.41, 5.74) is 0.929. The SMILES string of the molecule is CCCc1nccn1-c1nc(NC)nc2ccccc12. The summed E-state index contributed by atoms with van der Waals surface area (Å²) in [4.78, 5) is 13.5. The minimum Gasteiger partial charge on any atom is -0.357 e. The summed E-state index contributed by atoms with van der Waals surface area (Å²) in [5, 5.41) is 4.05. The molecule has 0 radical (unpaired) electrons. The largest absolute Gasteiger partial charge is 0.357 e. The van der Waals surface area contributed by atoms with Gasteiger partial charge >= 0.3 is 0 Å². The van der Waals surface area contributed by atoms with Crippen molar-refractivity contribution in [2.75, 3.05) is 12.4 Å². The molecule has 2 heterocycles. The molecule has 2 aromatic heterocycles. The van der Waals surface area contributed by atoms with E-state index >= 15 is 0 Å². The van der Waals surface area contributed by atoms with Gasteiger partial charge in [0.1, 0.15) is 5.82 Å². The second kappa shape index (κ2) is 5.28. The molecule has 0 spiro atoms. The van der Waals surface area contributed by atoms with Crippen molar-refractivity contribution in [3.63, 3.8) is 0 Å². The van der Waals surface area contributed by atoms with Crippen molar-refractivity contribution in [2.45, 2.75) is 19.8 Å². The molecule has 0 bridgehead atoms. The van der Waals surface area contributed by atoms with Gasteiger partial charge in [-0.2, -0.15) is 4.98 Å². The predicted molar refractivity (Wildman–Crippen MR) is 80.2 cm³/mol. The fraction of sp³-hybridized carbons (Fsp3) is 0.267. The van der Waals surface area contributed by atoms with Crippen molar-refractivity contribution >= 4 is 16.9 Å². The quantitative estimate of drug-likeness (QED) is 0.789. The molecular formula is C15H17N5. The third-order valence-electron chi connectivity index (χ3n) is 3.23. The summed E-state index contributed by atoms with van der Waals surface area (Å²) in [6, 6.07) is 8.03. The second-order valence-electron chi connectivity index (χ2n) is 4.60. The zero-order valence-corrected chi connectivity index (χ0v) is 11.7. The molecule has 0 saturated carbocycles. The highest BCUT2D eigenvalue weighted by molar-refractivity contribution is 5.86. The van der Waals surface area contributed by atoms with Gasteiger partial charge in [0, 0.05) is 31.2 Å². The normalized spacial score (nSPS) is 10.9. The van der Waals surface area contributed by atoms with E-state index in [1.54, 1.807) is 0 Å². The lowest BCUT2D eigenvalue weighted by atomic mass is 10.2. The van der Waals surface area contributed by atoms with E-state index in [2.05, 4.69) is 27.2 Å². The molecule has 0 atom stereocenters. The summed E-state index contributed by atoms with van der Waals surface area (Å²) in [7, 11) is 1.83. The number of nitrogens with one attached hydrogen (secondary N) is 1. The number of hydrogen-bond acceptors (Lipinski definition) is 4. The number of imidazole rings is 1. The first-order valence-corrected chi connectivity index (χ1v) is 6.80. The van der Waals surface area contributed by atoms with Gasteiger partial charge in [0.15, 0.2) is 5.82 Å². The van der Waals surface area contributed by atoms with Crippen molar-refractivity contribution in [1.82, 2.24) is 19.5 Å². The first-order valence-electron chi connectivity index (χ1n) is 6.80. The lowest BCUT2D eigenvalue weighted by Gasteiger charge is -2.11. The van der Waals surface area contributed by atoms with E-state index in [0.717, 1.165) is 35.4 Å². The molecule has 0 aliphatic carbocycles. The Bertz CT molecular complexity index is 732. The van der Waals surface area contributed by atoms with Crippen LogP contribution in [0, 0.1) is 0 Å². The maximum absolute atomic E-state index is 4.61. The minimum atomic E-state index is 0.620. The maximum Gasteiger partial charge on any atom is 0.224 e. The molecule has 0 aliphatic rings. The van der Waals surface area contributed by atoms with E-state index in [4.69, 9.17) is 0 Å². The van der Waals surface area contributed by atoms with Crippen LogP contribution in [0.25, 0.3) is 16.7 Å². The lowest BCUT2D eigenvalue weighted by Crippen LogP contribution is -2.07. The summed E-state index contributed by atoms with van der Waals surface area (Å²) in [6.45, 7) is 2.15. The van der Waals surface area contributed by atoms with E-state index in [0.29, 0.717) is 5.95 Å². The molecule has 1 aromatic carbocycles. The highest BCUT2D eigenvalue weighted by atomic mass is 15.2. The van der Waals surface area contributed by atoms with Gasteiger partial charge in [-0.3, -0.25) is 4.57 Å². The molecule has 0 amide bonds. The van der Waals surface area contributed by atoms with E-state index in [-0.39, 0.29) is 0 Å². The zero-order chi connectivity index (χ0) is 13.9. The van der Waals surface area contributed by atoms with Crippen LogP contribution < -0.4 is 5.32 Å². The Kier molecular flexibility index (Phi) is 3.33. The van der Waals surface area contributed by atoms with Crippen LogP contribution in [0.5, 0.6) is 0 Å². The topological polar surface area (TPSA) is 55.6 Å². The van der Waals surface area contributed by atoms with Crippen molar-refractivity contribution < 1.29 is 0 Å². The smallest absolute Gasteiger partial charge is 0.224 e. The number of anilines is 1. The van der Waals surface area contributed by atoms with Gasteiger partial charge in [-0.05, 0) is 18.6 Å². The maximum atomic E-state index is 4.61. The van der Waals surface area contributed by atoms with Crippen LogP contribution in [-0.4, -0.2) is 26.6 Å². The molecule has 102 valence electrons. The van der Waals surface area contributed by atoms with Crippen molar-refractivity contribution in [1.29, 1.82) is 0 Å². The van der Waals surface area contributed by atoms with Gasteiger partial charge in [0.25, 0.3) is 0 Å². The Balaban J connectivity index is 2.26. The highest BCUT2D eigenvalue weighted by Crippen LogP contribution is 2.22. The second-order valence-corrected chi connectivity index (χ2v) is 4.60. The Labute approximate surface area is 117 Å². The third-order valence-corrected chi connectivity index (χ3v) is 3.23. The van der Waals surface area contributed by atoms with Crippen molar-refractivity contribution in [3.05, 3.63) is 42.5 Å². The zero-order valence-electron chi connectivity index (χ0n) is 11.7. The number of benzene rings is 1. The van der Waals surface area contributed by atoms with Crippen molar-refractivity contribution in [3.8, 4) is 5.82 Å².